The number of aldehydes is 1. The Morgan fingerprint density at radius 1 is 1.11 bits per heavy atom. The van der Waals surface area contributed by atoms with Crippen LogP contribution in [0, 0.1) is 17.8 Å². The van der Waals surface area contributed by atoms with Gasteiger partial charge in [0.15, 0.2) is 6.79 Å². The number of ether oxygens (including phenoxy) is 3. The molecular weight excluding hydrogens is 352 g/mol. The Hall–Kier alpha value is -1.65. The van der Waals surface area contributed by atoms with Crippen LogP contribution in [0.25, 0.3) is 5.57 Å². The standard InChI is InChI=1S/C24H32O4/c1-17(5-6-25)21-3-4-23(28-16-27-8-7-26-2)22(12-21)24-13-18-9-19(14-24)11-20(10-18)15-24/h3-6,12,18-20H,7-11,13-16H2,1-2H3/b17-5-. The highest BCUT2D eigenvalue weighted by Gasteiger charge is 2.52. The number of methoxy groups -OCH3 is 1. The van der Waals surface area contributed by atoms with Crippen molar-refractivity contribution >= 4 is 11.9 Å². The lowest BCUT2D eigenvalue weighted by molar-refractivity contribution is -0.104. The molecule has 0 unspecified atom stereocenters. The Bertz CT molecular complexity index is 701. The van der Waals surface area contributed by atoms with Crippen LogP contribution in [0.2, 0.25) is 0 Å². The fourth-order valence-electron chi connectivity index (χ4n) is 6.26. The van der Waals surface area contributed by atoms with Crippen molar-refractivity contribution in [2.75, 3.05) is 27.1 Å². The zero-order valence-electron chi connectivity index (χ0n) is 17.1. The second-order valence-corrected chi connectivity index (χ2v) is 9.06. The van der Waals surface area contributed by atoms with Gasteiger partial charge in [-0.05, 0) is 98.0 Å². The van der Waals surface area contributed by atoms with E-state index < -0.39 is 0 Å². The summed E-state index contributed by atoms with van der Waals surface area (Å²) in [5.74, 6) is 3.55. The third kappa shape index (κ3) is 3.90. The van der Waals surface area contributed by atoms with E-state index in [1.54, 1.807) is 13.2 Å². The molecule has 4 fully saturated rings. The highest BCUT2D eigenvalue weighted by atomic mass is 16.7. The molecule has 0 heterocycles. The van der Waals surface area contributed by atoms with Gasteiger partial charge in [0.05, 0.1) is 13.2 Å². The Labute approximate surface area is 168 Å². The minimum Gasteiger partial charge on any atom is -0.467 e. The van der Waals surface area contributed by atoms with Gasteiger partial charge in [-0.25, -0.2) is 0 Å². The molecule has 0 aromatic heterocycles. The first-order valence-electron chi connectivity index (χ1n) is 10.6. The largest absolute Gasteiger partial charge is 0.467 e. The van der Waals surface area contributed by atoms with Crippen LogP contribution in [-0.2, 0) is 19.7 Å². The van der Waals surface area contributed by atoms with E-state index in [9.17, 15) is 4.79 Å². The summed E-state index contributed by atoms with van der Waals surface area (Å²) >= 11 is 0. The van der Waals surface area contributed by atoms with Gasteiger partial charge in [0.1, 0.15) is 12.0 Å². The monoisotopic (exact) mass is 384 g/mol. The van der Waals surface area contributed by atoms with E-state index in [0.717, 1.165) is 40.9 Å². The average Bonchev–Trinajstić information content (AvgIpc) is 2.67. The molecule has 0 aliphatic heterocycles. The number of carbonyl (C=O) groups excluding carboxylic acids is 1. The lowest BCUT2D eigenvalue weighted by atomic mass is 9.48. The maximum atomic E-state index is 11.0. The van der Waals surface area contributed by atoms with Crippen LogP contribution in [0.15, 0.2) is 24.3 Å². The first-order valence-corrected chi connectivity index (χ1v) is 10.6. The fraction of sp³-hybridized carbons (Fsp3) is 0.625. The van der Waals surface area contributed by atoms with Crippen molar-refractivity contribution in [3.05, 3.63) is 35.4 Å². The lowest BCUT2D eigenvalue weighted by Crippen LogP contribution is -2.48. The molecule has 1 aromatic rings. The van der Waals surface area contributed by atoms with Gasteiger partial charge in [-0.15, -0.1) is 0 Å². The molecule has 1 aromatic carbocycles. The number of benzene rings is 1. The van der Waals surface area contributed by atoms with Gasteiger partial charge in [-0.1, -0.05) is 6.07 Å². The van der Waals surface area contributed by atoms with Crippen LogP contribution < -0.4 is 4.74 Å². The first-order chi connectivity index (χ1) is 13.6. The van der Waals surface area contributed by atoms with Crippen molar-refractivity contribution in [2.45, 2.75) is 50.9 Å². The number of hydrogen-bond acceptors (Lipinski definition) is 4. The van der Waals surface area contributed by atoms with Crippen molar-refractivity contribution < 1.29 is 19.0 Å². The van der Waals surface area contributed by atoms with E-state index in [2.05, 4.69) is 18.2 Å². The summed E-state index contributed by atoms with van der Waals surface area (Å²) in [6.45, 7) is 3.34. The fourth-order valence-corrected chi connectivity index (χ4v) is 6.26. The molecule has 5 rings (SSSR count). The normalized spacial score (nSPS) is 31.2. The van der Waals surface area contributed by atoms with E-state index in [4.69, 9.17) is 14.2 Å². The van der Waals surface area contributed by atoms with Gasteiger partial charge in [-0.3, -0.25) is 4.79 Å². The lowest BCUT2D eigenvalue weighted by Gasteiger charge is -2.57. The second-order valence-electron chi connectivity index (χ2n) is 9.06. The summed E-state index contributed by atoms with van der Waals surface area (Å²) in [6.07, 6.45) is 10.6. The molecule has 0 saturated heterocycles. The summed E-state index contributed by atoms with van der Waals surface area (Å²) < 4.78 is 16.7. The maximum absolute atomic E-state index is 11.0. The first kappa shape index (κ1) is 19.7. The molecule has 4 aliphatic rings. The van der Waals surface area contributed by atoms with Crippen molar-refractivity contribution in [1.82, 2.24) is 0 Å². The zero-order chi connectivity index (χ0) is 19.6. The molecule has 28 heavy (non-hydrogen) atoms. The van der Waals surface area contributed by atoms with Gasteiger partial charge in [0.25, 0.3) is 0 Å². The summed E-state index contributed by atoms with van der Waals surface area (Å²) in [7, 11) is 1.67. The maximum Gasteiger partial charge on any atom is 0.189 e. The Morgan fingerprint density at radius 2 is 1.79 bits per heavy atom. The molecule has 0 N–H and O–H groups in total. The smallest absolute Gasteiger partial charge is 0.189 e. The third-order valence-electron chi connectivity index (χ3n) is 7.09. The predicted octanol–water partition coefficient (Wildman–Crippen LogP) is 4.76. The van der Waals surface area contributed by atoms with Gasteiger partial charge in [-0.2, -0.15) is 0 Å². The molecule has 0 spiro atoms. The summed E-state index contributed by atoms with van der Waals surface area (Å²) in [6, 6.07) is 6.42. The van der Waals surface area contributed by atoms with Crippen LogP contribution in [0.1, 0.15) is 56.6 Å². The van der Waals surface area contributed by atoms with Gasteiger partial charge in [0.2, 0.25) is 0 Å². The summed E-state index contributed by atoms with van der Waals surface area (Å²) in [5.41, 5.74) is 3.68. The van der Waals surface area contributed by atoms with E-state index in [0.29, 0.717) is 13.2 Å². The molecule has 0 atom stereocenters. The van der Waals surface area contributed by atoms with Crippen LogP contribution in [0.4, 0.5) is 0 Å². The van der Waals surface area contributed by atoms with Crippen LogP contribution in [-0.4, -0.2) is 33.4 Å². The SMILES string of the molecule is COCCOCOc1ccc(/C(C)=C\C=O)cc1C12CC3CC(CC(C3)C1)C2. The minimum absolute atomic E-state index is 0.230. The molecule has 4 aliphatic carbocycles. The van der Waals surface area contributed by atoms with Gasteiger partial charge < -0.3 is 14.2 Å². The van der Waals surface area contributed by atoms with Crippen molar-refractivity contribution in [3.63, 3.8) is 0 Å². The topological polar surface area (TPSA) is 44.8 Å². The van der Waals surface area contributed by atoms with Gasteiger partial charge >= 0.3 is 0 Å². The van der Waals surface area contributed by atoms with E-state index in [1.807, 2.05) is 6.92 Å². The van der Waals surface area contributed by atoms with Gasteiger partial charge in [0, 0.05) is 12.7 Å². The number of rotatable bonds is 9. The molecule has 4 heteroatoms. The molecule has 152 valence electrons. The molecule has 4 bridgehead atoms. The van der Waals surface area contributed by atoms with Crippen molar-refractivity contribution in [1.29, 1.82) is 0 Å². The highest BCUT2D eigenvalue weighted by Crippen LogP contribution is 2.62. The number of allylic oxidation sites excluding steroid dienone is 2. The molecular formula is C24H32O4. The Balaban J connectivity index is 1.63. The molecule has 0 radical (unpaired) electrons. The molecule has 4 nitrogen and oxygen atoms in total. The predicted molar refractivity (Wildman–Crippen MR) is 109 cm³/mol. The average molecular weight is 385 g/mol. The summed E-state index contributed by atoms with van der Waals surface area (Å²) in [5, 5.41) is 0. The van der Waals surface area contributed by atoms with Crippen LogP contribution >= 0.6 is 0 Å². The van der Waals surface area contributed by atoms with Crippen molar-refractivity contribution in [2.24, 2.45) is 17.8 Å². The molecule has 4 saturated carbocycles. The van der Waals surface area contributed by atoms with Crippen LogP contribution in [0.5, 0.6) is 5.75 Å². The highest BCUT2D eigenvalue weighted by molar-refractivity contribution is 5.81. The van der Waals surface area contributed by atoms with E-state index in [-0.39, 0.29) is 12.2 Å². The minimum atomic E-state index is 0.230. The van der Waals surface area contributed by atoms with Crippen molar-refractivity contribution in [3.8, 4) is 5.75 Å². The quantitative estimate of drug-likeness (QED) is 0.267. The number of carbonyl (C=O) groups is 1. The second kappa shape index (κ2) is 8.38. The third-order valence-corrected chi connectivity index (χ3v) is 7.09. The molecule has 0 amide bonds. The van der Waals surface area contributed by atoms with E-state index >= 15 is 0 Å². The zero-order valence-corrected chi connectivity index (χ0v) is 17.1. The Morgan fingerprint density at radius 3 is 2.39 bits per heavy atom. The van der Waals surface area contributed by atoms with Crippen LogP contribution in [0.3, 0.4) is 0 Å². The summed E-state index contributed by atoms with van der Waals surface area (Å²) in [4.78, 5) is 11.0. The number of hydrogen-bond donors (Lipinski definition) is 0. The Kier molecular flexibility index (Phi) is 5.88. The van der Waals surface area contributed by atoms with E-state index in [1.165, 1.54) is 44.1 Å².